The van der Waals surface area contributed by atoms with Gasteiger partial charge in [0.05, 0.1) is 20.8 Å². The van der Waals surface area contributed by atoms with E-state index in [0.717, 1.165) is 54.3 Å². The SMILES string of the molecule is Fc1cc(-c2nc(N3CCN4CCCC4C3)c3sccc3n2)c(F)cc1Cl. The molecular weight excluding hydrogens is 390 g/mol. The van der Waals surface area contributed by atoms with Crippen LogP contribution in [0, 0.1) is 11.6 Å². The molecule has 4 nitrogen and oxygen atoms in total. The van der Waals surface area contributed by atoms with E-state index in [9.17, 15) is 8.78 Å². The standard InChI is InChI=1S/C19H17ClF2N4S/c20-13-9-14(21)12(8-15(13)22)18-23-16-3-7-27-17(16)19(24-18)26-6-5-25-4-1-2-11(25)10-26/h3,7-9,11H,1-2,4-6,10H2. The van der Waals surface area contributed by atoms with Gasteiger partial charge in [0.25, 0.3) is 0 Å². The first-order chi connectivity index (χ1) is 13.1. The first-order valence-electron chi connectivity index (χ1n) is 8.99. The van der Waals surface area contributed by atoms with Crippen molar-refractivity contribution in [3.8, 4) is 11.4 Å². The Bertz CT molecular complexity index is 1020. The molecule has 2 aliphatic rings. The van der Waals surface area contributed by atoms with Gasteiger partial charge in [-0.25, -0.2) is 18.7 Å². The van der Waals surface area contributed by atoms with Crippen molar-refractivity contribution in [3.05, 3.63) is 40.2 Å². The minimum absolute atomic E-state index is 0.0331. The van der Waals surface area contributed by atoms with Gasteiger partial charge in [0.1, 0.15) is 11.6 Å². The third-order valence-electron chi connectivity index (χ3n) is 5.42. The van der Waals surface area contributed by atoms with Gasteiger partial charge >= 0.3 is 0 Å². The van der Waals surface area contributed by atoms with E-state index in [-0.39, 0.29) is 16.4 Å². The van der Waals surface area contributed by atoms with Crippen molar-refractivity contribution in [2.75, 3.05) is 31.1 Å². The van der Waals surface area contributed by atoms with Gasteiger partial charge in [-0.3, -0.25) is 4.90 Å². The first kappa shape index (κ1) is 17.3. The molecule has 0 bridgehead atoms. The second-order valence-electron chi connectivity index (χ2n) is 7.03. The maximum atomic E-state index is 14.4. The summed E-state index contributed by atoms with van der Waals surface area (Å²) in [4.78, 5) is 13.9. The summed E-state index contributed by atoms with van der Waals surface area (Å²) in [5.74, 6) is -0.296. The molecular formula is C19H17ClF2N4S. The number of thiophene rings is 1. The molecule has 2 saturated heterocycles. The molecule has 140 valence electrons. The second kappa shape index (κ2) is 6.65. The van der Waals surface area contributed by atoms with Crippen molar-refractivity contribution in [1.29, 1.82) is 0 Å². The lowest BCUT2D eigenvalue weighted by molar-refractivity contribution is 0.230. The summed E-state index contributed by atoms with van der Waals surface area (Å²) in [5, 5.41) is 1.71. The van der Waals surface area contributed by atoms with E-state index in [4.69, 9.17) is 11.6 Å². The van der Waals surface area contributed by atoms with E-state index in [2.05, 4.69) is 19.8 Å². The molecule has 8 heteroatoms. The Hall–Kier alpha value is -1.83. The molecule has 1 aromatic carbocycles. The maximum absolute atomic E-state index is 14.4. The Morgan fingerprint density at radius 2 is 2.00 bits per heavy atom. The molecule has 1 atom stereocenters. The molecule has 2 fully saturated rings. The van der Waals surface area contributed by atoms with Crippen LogP contribution in [0.2, 0.25) is 5.02 Å². The normalized spacial score (nSPS) is 20.4. The highest BCUT2D eigenvalue weighted by molar-refractivity contribution is 7.17. The third kappa shape index (κ3) is 2.98. The Labute approximate surface area is 164 Å². The van der Waals surface area contributed by atoms with E-state index in [0.29, 0.717) is 6.04 Å². The number of fused-ring (bicyclic) bond motifs is 2. The van der Waals surface area contributed by atoms with Crippen molar-refractivity contribution in [2.45, 2.75) is 18.9 Å². The van der Waals surface area contributed by atoms with Gasteiger partial charge in [0, 0.05) is 25.7 Å². The van der Waals surface area contributed by atoms with Gasteiger partial charge in [0.2, 0.25) is 0 Å². The Balaban J connectivity index is 1.61. The number of halogens is 3. The molecule has 0 amide bonds. The Morgan fingerprint density at radius 3 is 2.89 bits per heavy atom. The van der Waals surface area contributed by atoms with Crippen LogP contribution in [0.25, 0.3) is 21.6 Å². The summed E-state index contributed by atoms with van der Waals surface area (Å²) in [5.41, 5.74) is 0.786. The fraction of sp³-hybridized carbons (Fsp3) is 0.368. The molecule has 0 aliphatic carbocycles. The lowest BCUT2D eigenvalue weighted by atomic mass is 10.1. The van der Waals surface area contributed by atoms with Crippen molar-refractivity contribution < 1.29 is 8.78 Å². The van der Waals surface area contributed by atoms with Gasteiger partial charge in [-0.05, 0) is 43.0 Å². The summed E-state index contributed by atoms with van der Waals surface area (Å²) in [7, 11) is 0. The highest BCUT2D eigenvalue weighted by atomic mass is 35.5. The van der Waals surface area contributed by atoms with Crippen LogP contribution < -0.4 is 4.90 Å². The predicted molar refractivity (Wildman–Crippen MR) is 105 cm³/mol. The molecule has 2 aromatic heterocycles. The number of piperazine rings is 1. The Morgan fingerprint density at radius 1 is 1.11 bits per heavy atom. The number of hydrogen-bond acceptors (Lipinski definition) is 5. The van der Waals surface area contributed by atoms with Crippen LogP contribution in [0.4, 0.5) is 14.6 Å². The highest BCUT2D eigenvalue weighted by Gasteiger charge is 2.32. The number of nitrogens with zero attached hydrogens (tertiary/aromatic N) is 4. The predicted octanol–water partition coefficient (Wildman–Crippen LogP) is 4.57. The fourth-order valence-corrected chi connectivity index (χ4v) is 5.06. The lowest BCUT2D eigenvalue weighted by Crippen LogP contribution is -2.50. The molecule has 4 heterocycles. The second-order valence-corrected chi connectivity index (χ2v) is 8.35. The summed E-state index contributed by atoms with van der Waals surface area (Å²) < 4.78 is 29.4. The van der Waals surface area contributed by atoms with E-state index in [1.165, 1.54) is 12.8 Å². The van der Waals surface area contributed by atoms with Crippen LogP contribution in [0.5, 0.6) is 0 Å². The van der Waals surface area contributed by atoms with Crippen molar-refractivity contribution >= 4 is 39.0 Å². The molecule has 27 heavy (non-hydrogen) atoms. The van der Waals surface area contributed by atoms with E-state index >= 15 is 0 Å². The van der Waals surface area contributed by atoms with E-state index in [1.54, 1.807) is 11.3 Å². The monoisotopic (exact) mass is 406 g/mol. The van der Waals surface area contributed by atoms with Gasteiger partial charge in [-0.15, -0.1) is 11.3 Å². The average molecular weight is 407 g/mol. The summed E-state index contributed by atoms with van der Waals surface area (Å²) in [6.45, 7) is 3.94. The van der Waals surface area contributed by atoms with Crippen LogP contribution in [0.15, 0.2) is 23.6 Å². The zero-order valence-corrected chi connectivity index (χ0v) is 16.0. The van der Waals surface area contributed by atoms with Gasteiger partial charge < -0.3 is 4.90 Å². The van der Waals surface area contributed by atoms with E-state index < -0.39 is 11.6 Å². The third-order valence-corrected chi connectivity index (χ3v) is 6.61. The van der Waals surface area contributed by atoms with Gasteiger partial charge in [-0.1, -0.05) is 11.6 Å². The topological polar surface area (TPSA) is 32.3 Å². The molecule has 2 aliphatic heterocycles. The lowest BCUT2D eigenvalue weighted by Gasteiger charge is -2.38. The van der Waals surface area contributed by atoms with Crippen LogP contribution in [0.3, 0.4) is 0 Å². The number of rotatable bonds is 2. The zero-order valence-electron chi connectivity index (χ0n) is 14.5. The molecule has 5 rings (SSSR count). The van der Waals surface area contributed by atoms with Crippen LogP contribution in [-0.2, 0) is 0 Å². The van der Waals surface area contributed by atoms with Crippen molar-refractivity contribution in [3.63, 3.8) is 0 Å². The maximum Gasteiger partial charge on any atom is 0.165 e. The van der Waals surface area contributed by atoms with Crippen LogP contribution in [0.1, 0.15) is 12.8 Å². The fourth-order valence-electron chi connectivity index (χ4n) is 4.06. The van der Waals surface area contributed by atoms with Crippen LogP contribution in [-0.4, -0.2) is 47.1 Å². The molecule has 1 unspecified atom stereocenters. The number of aromatic nitrogens is 2. The first-order valence-corrected chi connectivity index (χ1v) is 10.2. The van der Waals surface area contributed by atoms with Crippen LogP contribution >= 0.6 is 22.9 Å². The summed E-state index contributed by atoms with van der Waals surface area (Å²) >= 11 is 7.27. The largest absolute Gasteiger partial charge is 0.352 e. The zero-order chi connectivity index (χ0) is 18.5. The average Bonchev–Trinajstić information content (AvgIpc) is 3.32. The molecule has 0 N–H and O–H groups in total. The molecule has 0 radical (unpaired) electrons. The van der Waals surface area contributed by atoms with Crippen molar-refractivity contribution in [2.24, 2.45) is 0 Å². The molecule has 0 saturated carbocycles. The number of benzene rings is 1. The minimum atomic E-state index is -0.678. The summed E-state index contributed by atoms with van der Waals surface area (Å²) in [6.07, 6.45) is 2.43. The van der Waals surface area contributed by atoms with Crippen molar-refractivity contribution in [1.82, 2.24) is 14.9 Å². The number of anilines is 1. The van der Waals surface area contributed by atoms with Gasteiger partial charge in [0.15, 0.2) is 11.6 Å². The smallest absolute Gasteiger partial charge is 0.165 e. The van der Waals surface area contributed by atoms with Gasteiger partial charge in [-0.2, -0.15) is 0 Å². The number of hydrogen-bond donors (Lipinski definition) is 0. The Kier molecular flexibility index (Phi) is 4.26. The van der Waals surface area contributed by atoms with E-state index in [1.807, 2.05) is 11.4 Å². The summed E-state index contributed by atoms with van der Waals surface area (Å²) in [6, 6.07) is 4.48. The minimum Gasteiger partial charge on any atom is -0.352 e. The molecule has 3 aromatic rings. The highest BCUT2D eigenvalue weighted by Crippen LogP contribution is 2.35. The quantitative estimate of drug-likeness (QED) is 0.583. The molecule has 0 spiro atoms.